The maximum absolute atomic E-state index is 12.5. The molecule has 0 spiro atoms. The van der Waals surface area contributed by atoms with Crippen LogP contribution in [0.1, 0.15) is 11.3 Å². The Kier molecular flexibility index (Phi) is 7.36. The number of thioether (sulfide) groups is 1. The lowest BCUT2D eigenvalue weighted by molar-refractivity contribution is -0.113. The minimum absolute atomic E-state index is 0.174. The molecular formula is C23H25N3O4S. The molecule has 1 aromatic heterocycles. The van der Waals surface area contributed by atoms with Gasteiger partial charge in [0, 0.05) is 29.1 Å². The van der Waals surface area contributed by atoms with Gasteiger partial charge in [-0.15, -0.1) is 0 Å². The first-order chi connectivity index (χ1) is 14.9. The molecule has 0 atom stereocenters. The molecule has 0 bridgehead atoms. The Morgan fingerprint density at radius 3 is 2.16 bits per heavy atom. The summed E-state index contributed by atoms with van der Waals surface area (Å²) in [4.78, 5) is 21.7. The van der Waals surface area contributed by atoms with E-state index in [1.807, 2.05) is 44.2 Å². The topological polar surface area (TPSA) is 82.6 Å². The molecule has 8 heteroatoms. The largest absolute Gasteiger partial charge is 0.493 e. The SMILES string of the molecule is COc1cc(NC(=O)CSc2cc(C)nc(-c3ccc(C)cc3)n2)cc(OC)c1OC. The van der Waals surface area contributed by atoms with Gasteiger partial charge in [-0.1, -0.05) is 41.6 Å². The number of hydrogen-bond donors (Lipinski definition) is 1. The highest BCUT2D eigenvalue weighted by Crippen LogP contribution is 2.40. The van der Waals surface area contributed by atoms with E-state index in [0.29, 0.717) is 28.8 Å². The standard InChI is InChI=1S/C23H25N3O4S/c1-14-6-8-16(9-7-14)23-24-15(2)10-21(26-23)31-13-20(27)25-17-11-18(28-3)22(30-5)19(12-17)29-4/h6-12H,13H2,1-5H3,(H,25,27). The number of benzene rings is 2. The van der Waals surface area contributed by atoms with Crippen LogP contribution in [0.3, 0.4) is 0 Å². The van der Waals surface area contributed by atoms with E-state index in [1.165, 1.54) is 38.7 Å². The van der Waals surface area contributed by atoms with Crippen LogP contribution in [-0.4, -0.2) is 43.0 Å². The Hall–Kier alpha value is -3.26. The van der Waals surface area contributed by atoms with E-state index in [-0.39, 0.29) is 11.7 Å². The number of aryl methyl sites for hydroxylation is 2. The van der Waals surface area contributed by atoms with Gasteiger partial charge in [-0.05, 0) is 19.9 Å². The highest BCUT2D eigenvalue weighted by molar-refractivity contribution is 7.99. The molecule has 3 rings (SSSR count). The average Bonchev–Trinajstić information content (AvgIpc) is 2.77. The van der Waals surface area contributed by atoms with Gasteiger partial charge in [0.1, 0.15) is 5.03 Å². The van der Waals surface area contributed by atoms with Crippen molar-refractivity contribution in [2.45, 2.75) is 18.9 Å². The zero-order chi connectivity index (χ0) is 22.4. The molecule has 0 saturated heterocycles. The molecule has 0 aliphatic rings. The molecular weight excluding hydrogens is 414 g/mol. The molecule has 0 fully saturated rings. The third-order valence-corrected chi connectivity index (χ3v) is 5.35. The van der Waals surface area contributed by atoms with Crippen molar-refractivity contribution in [3.63, 3.8) is 0 Å². The van der Waals surface area contributed by atoms with E-state index in [2.05, 4.69) is 15.3 Å². The van der Waals surface area contributed by atoms with Gasteiger partial charge in [0.25, 0.3) is 0 Å². The number of amides is 1. The maximum atomic E-state index is 12.5. The molecule has 0 aliphatic heterocycles. The molecule has 2 aromatic carbocycles. The number of carbonyl (C=O) groups is 1. The number of hydrogen-bond acceptors (Lipinski definition) is 7. The monoisotopic (exact) mass is 439 g/mol. The highest BCUT2D eigenvalue weighted by atomic mass is 32.2. The Balaban J connectivity index is 1.71. The highest BCUT2D eigenvalue weighted by Gasteiger charge is 2.15. The van der Waals surface area contributed by atoms with Gasteiger partial charge in [0.15, 0.2) is 17.3 Å². The molecule has 1 heterocycles. The number of carbonyl (C=O) groups excluding carboxylic acids is 1. The molecule has 1 amide bonds. The van der Waals surface area contributed by atoms with E-state index in [4.69, 9.17) is 14.2 Å². The van der Waals surface area contributed by atoms with Crippen molar-refractivity contribution in [1.29, 1.82) is 0 Å². The Bertz CT molecular complexity index is 1050. The van der Waals surface area contributed by atoms with Crippen molar-refractivity contribution in [3.05, 3.63) is 53.7 Å². The molecule has 162 valence electrons. The number of ether oxygens (including phenoxy) is 3. The zero-order valence-corrected chi connectivity index (χ0v) is 19.0. The number of aromatic nitrogens is 2. The second kappa shape index (κ2) is 10.2. The first-order valence-corrected chi connectivity index (χ1v) is 10.6. The van der Waals surface area contributed by atoms with E-state index < -0.39 is 0 Å². The van der Waals surface area contributed by atoms with Gasteiger partial charge in [-0.25, -0.2) is 9.97 Å². The van der Waals surface area contributed by atoms with Crippen LogP contribution in [0.4, 0.5) is 5.69 Å². The lowest BCUT2D eigenvalue weighted by atomic mass is 10.1. The molecule has 0 unspecified atom stereocenters. The Morgan fingerprint density at radius 2 is 1.58 bits per heavy atom. The van der Waals surface area contributed by atoms with Crippen LogP contribution in [0.15, 0.2) is 47.5 Å². The molecule has 0 radical (unpaired) electrons. The quantitative estimate of drug-likeness (QED) is 0.408. The van der Waals surface area contributed by atoms with Crippen molar-refractivity contribution < 1.29 is 19.0 Å². The summed E-state index contributed by atoms with van der Waals surface area (Å²) in [6.07, 6.45) is 0. The lowest BCUT2D eigenvalue weighted by Gasteiger charge is -2.14. The fourth-order valence-corrected chi connectivity index (χ4v) is 3.69. The van der Waals surface area contributed by atoms with Crippen LogP contribution in [0, 0.1) is 13.8 Å². The summed E-state index contributed by atoms with van der Waals surface area (Å²) in [5, 5.41) is 3.60. The fraction of sp³-hybridized carbons (Fsp3) is 0.261. The minimum atomic E-state index is -0.174. The second-order valence-electron chi connectivity index (χ2n) is 6.79. The van der Waals surface area contributed by atoms with Gasteiger partial charge in [0.2, 0.25) is 11.7 Å². The third kappa shape index (κ3) is 5.67. The van der Waals surface area contributed by atoms with Crippen molar-refractivity contribution >= 4 is 23.4 Å². The first kappa shape index (κ1) is 22.4. The van der Waals surface area contributed by atoms with Crippen molar-refractivity contribution in [2.75, 3.05) is 32.4 Å². The average molecular weight is 440 g/mol. The van der Waals surface area contributed by atoms with Gasteiger partial charge in [-0.3, -0.25) is 4.79 Å². The zero-order valence-electron chi connectivity index (χ0n) is 18.2. The van der Waals surface area contributed by atoms with Crippen LogP contribution >= 0.6 is 11.8 Å². The molecule has 0 saturated carbocycles. The summed E-state index contributed by atoms with van der Waals surface area (Å²) in [7, 11) is 4.59. The van der Waals surface area contributed by atoms with Crippen molar-refractivity contribution in [2.24, 2.45) is 0 Å². The molecule has 1 N–H and O–H groups in total. The van der Waals surface area contributed by atoms with Gasteiger partial charge < -0.3 is 19.5 Å². The first-order valence-electron chi connectivity index (χ1n) is 9.59. The van der Waals surface area contributed by atoms with Gasteiger partial charge >= 0.3 is 0 Å². The summed E-state index contributed by atoms with van der Waals surface area (Å²) >= 11 is 1.35. The minimum Gasteiger partial charge on any atom is -0.493 e. The van der Waals surface area contributed by atoms with Crippen LogP contribution in [-0.2, 0) is 4.79 Å². The van der Waals surface area contributed by atoms with Crippen LogP contribution in [0.2, 0.25) is 0 Å². The number of anilines is 1. The number of nitrogens with one attached hydrogen (secondary N) is 1. The number of methoxy groups -OCH3 is 3. The smallest absolute Gasteiger partial charge is 0.234 e. The molecule has 3 aromatic rings. The van der Waals surface area contributed by atoms with Gasteiger partial charge in [-0.2, -0.15) is 0 Å². The summed E-state index contributed by atoms with van der Waals surface area (Å²) in [5.41, 5.74) is 3.52. The number of nitrogens with zero attached hydrogens (tertiary/aromatic N) is 2. The predicted octanol–water partition coefficient (Wildman–Crippen LogP) is 4.52. The van der Waals surface area contributed by atoms with E-state index in [1.54, 1.807) is 12.1 Å². The number of rotatable bonds is 8. The second-order valence-corrected chi connectivity index (χ2v) is 7.78. The van der Waals surface area contributed by atoms with Crippen molar-refractivity contribution in [3.8, 4) is 28.6 Å². The Labute approximate surface area is 186 Å². The summed E-state index contributed by atoms with van der Waals surface area (Å²) in [6, 6.07) is 13.3. The van der Waals surface area contributed by atoms with Crippen LogP contribution in [0.25, 0.3) is 11.4 Å². The van der Waals surface area contributed by atoms with E-state index >= 15 is 0 Å². The predicted molar refractivity (Wildman–Crippen MR) is 122 cm³/mol. The normalized spacial score (nSPS) is 10.5. The molecule has 7 nitrogen and oxygen atoms in total. The lowest BCUT2D eigenvalue weighted by Crippen LogP contribution is -2.14. The Morgan fingerprint density at radius 1 is 0.935 bits per heavy atom. The van der Waals surface area contributed by atoms with E-state index in [9.17, 15) is 4.79 Å². The fourth-order valence-electron chi connectivity index (χ4n) is 2.94. The summed E-state index contributed by atoms with van der Waals surface area (Å²) in [5.74, 6) is 2.08. The van der Waals surface area contributed by atoms with Crippen molar-refractivity contribution in [1.82, 2.24) is 9.97 Å². The summed E-state index contributed by atoms with van der Waals surface area (Å²) in [6.45, 7) is 3.95. The summed E-state index contributed by atoms with van der Waals surface area (Å²) < 4.78 is 16.0. The van der Waals surface area contributed by atoms with Crippen LogP contribution < -0.4 is 19.5 Å². The van der Waals surface area contributed by atoms with Gasteiger partial charge in [0.05, 0.1) is 27.1 Å². The third-order valence-electron chi connectivity index (χ3n) is 4.44. The van der Waals surface area contributed by atoms with Crippen LogP contribution in [0.5, 0.6) is 17.2 Å². The molecule has 0 aliphatic carbocycles. The maximum Gasteiger partial charge on any atom is 0.234 e. The van der Waals surface area contributed by atoms with E-state index in [0.717, 1.165) is 16.3 Å². The molecule has 31 heavy (non-hydrogen) atoms.